The van der Waals surface area contributed by atoms with Crippen molar-refractivity contribution in [3.8, 4) is 0 Å². The Bertz CT molecular complexity index is 462. The number of aliphatic hydroxyl groups is 1. The van der Waals surface area contributed by atoms with E-state index >= 15 is 0 Å². The standard InChI is InChI=1S/C8H18N2O4S.2Li.Na.H2O4S/c11-7-5-9-1-3-10(4-2-9)6-8-15(12,13)14;;;;1-5(2,3)4/h11H,1-8H2,(H,12,13,14);;;;(H2,1,2,3,4)/q;3*+1;/p-3. The van der Waals surface area contributed by atoms with Gasteiger partial charge in [0.2, 0.25) is 0 Å². The molecule has 0 aromatic carbocycles. The molecule has 0 unspecified atom stereocenters. The summed E-state index contributed by atoms with van der Waals surface area (Å²) in [5.41, 5.74) is 0. The molecule has 1 saturated heterocycles. The summed E-state index contributed by atoms with van der Waals surface area (Å²) in [5, 5.41) is 8.72. The van der Waals surface area contributed by atoms with Gasteiger partial charge in [0.1, 0.15) is 0 Å². The first-order valence-corrected chi connectivity index (χ1v) is 8.58. The van der Waals surface area contributed by atoms with Gasteiger partial charge in [0.25, 0.3) is 0 Å². The van der Waals surface area contributed by atoms with E-state index in [1.807, 2.05) is 4.90 Å². The van der Waals surface area contributed by atoms with Gasteiger partial charge in [-0.2, -0.15) is 0 Å². The molecule has 0 aromatic rings. The number of aliphatic hydroxyl groups excluding tert-OH is 1. The van der Waals surface area contributed by atoms with E-state index in [1.54, 1.807) is 0 Å². The van der Waals surface area contributed by atoms with Crippen LogP contribution in [0.4, 0.5) is 0 Å². The number of rotatable bonds is 5. The zero-order chi connectivity index (χ0) is 15.8. The van der Waals surface area contributed by atoms with Gasteiger partial charge >= 0.3 is 67.3 Å². The normalized spacial score (nSPS) is 16.0. The molecule has 1 aliphatic rings. The number of hydrogen-bond donors (Lipinski definition) is 1. The molecular formula is C8H17Li2N2NaO8S2. The number of piperazine rings is 1. The van der Waals surface area contributed by atoms with Crippen LogP contribution >= 0.6 is 0 Å². The smallest absolute Gasteiger partial charge is 0.759 e. The molecule has 1 heterocycles. The Morgan fingerprint density at radius 1 is 0.826 bits per heavy atom. The second kappa shape index (κ2) is 16.1. The maximum absolute atomic E-state index is 10.4. The third kappa shape index (κ3) is 26.2. The molecule has 1 rings (SSSR count). The molecule has 1 fully saturated rings. The van der Waals surface area contributed by atoms with Gasteiger partial charge in [-0.3, -0.25) is 18.2 Å². The van der Waals surface area contributed by atoms with Gasteiger partial charge < -0.3 is 18.8 Å². The number of nitrogens with zero attached hydrogens (tertiary/aromatic N) is 2. The molecule has 122 valence electrons. The van der Waals surface area contributed by atoms with E-state index in [0.29, 0.717) is 13.1 Å². The SMILES string of the molecule is O=S(=O)([O-])CCN1CCN(CCO)CC1.O=S(=O)([O-])[O-].[Li+].[Li+].[Na+]. The number of β-amino-alcohol motifs (C(OH)–C–C–N with tert-alkyl or cyclic N) is 1. The first-order valence-electron chi connectivity index (χ1n) is 5.67. The Kier molecular flexibility index (Phi) is 22.7. The Morgan fingerprint density at radius 3 is 1.39 bits per heavy atom. The van der Waals surface area contributed by atoms with E-state index in [4.69, 9.17) is 22.6 Å². The summed E-state index contributed by atoms with van der Waals surface area (Å²) >= 11 is 0. The Balaban J connectivity index is -0.000000199. The summed E-state index contributed by atoms with van der Waals surface area (Å²) in [6, 6.07) is 0. The van der Waals surface area contributed by atoms with Crippen molar-refractivity contribution in [1.82, 2.24) is 9.80 Å². The summed E-state index contributed by atoms with van der Waals surface area (Å²) in [6.07, 6.45) is 0. The molecular weight excluding hydrogens is 353 g/mol. The van der Waals surface area contributed by atoms with Gasteiger partial charge in [0.05, 0.1) is 22.5 Å². The van der Waals surface area contributed by atoms with E-state index < -0.39 is 20.5 Å². The fourth-order valence-corrected chi connectivity index (χ4v) is 2.10. The van der Waals surface area contributed by atoms with Crippen LogP contribution in [0.5, 0.6) is 0 Å². The van der Waals surface area contributed by atoms with Crippen LogP contribution in [0.15, 0.2) is 0 Å². The molecule has 10 nitrogen and oxygen atoms in total. The summed E-state index contributed by atoms with van der Waals surface area (Å²) in [6.45, 7) is 4.28. The molecule has 0 saturated carbocycles. The fraction of sp³-hybridized carbons (Fsp3) is 1.00. The Labute approximate surface area is 183 Å². The fourth-order valence-electron chi connectivity index (χ4n) is 1.62. The molecule has 0 bridgehead atoms. The molecule has 15 heteroatoms. The topological polar surface area (TPSA) is 164 Å². The van der Waals surface area contributed by atoms with Crippen LogP contribution in [0.3, 0.4) is 0 Å². The third-order valence-electron chi connectivity index (χ3n) is 2.54. The van der Waals surface area contributed by atoms with E-state index in [9.17, 15) is 13.0 Å². The van der Waals surface area contributed by atoms with E-state index in [-0.39, 0.29) is 79.6 Å². The van der Waals surface area contributed by atoms with Crippen molar-refractivity contribution in [2.24, 2.45) is 0 Å². The van der Waals surface area contributed by atoms with Crippen molar-refractivity contribution in [3.63, 3.8) is 0 Å². The predicted molar refractivity (Wildman–Crippen MR) is 65.0 cm³/mol. The summed E-state index contributed by atoms with van der Waals surface area (Å²) in [4.78, 5) is 4.07. The van der Waals surface area contributed by atoms with Crippen LogP contribution in [-0.4, -0.2) is 97.0 Å². The third-order valence-corrected chi connectivity index (χ3v) is 3.22. The molecule has 0 spiro atoms. The van der Waals surface area contributed by atoms with E-state index in [0.717, 1.165) is 26.2 Å². The van der Waals surface area contributed by atoms with Crippen LogP contribution in [0, 0.1) is 0 Å². The van der Waals surface area contributed by atoms with Gasteiger partial charge in [-0.25, -0.2) is 8.42 Å². The largest absolute Gasteiger partial charge is 1.00 e. The van der Waals surface area contributed by atoms with Crippen molar-refractivity contribution >= 4 is 20.5 Å². The second-order valence-corrected chi connectivity index (χ2v) is 6.42. The molecule has 23 heavy (non-hydrogen) atoms. The molecule has 0 amide bonds. The van der Waals surface area contributed by atoms with Gasteiger partial charge in [-0.15, -0.1) is 0 Å². The first kappa shape index (κ1) is 32.5. The van der Waals surface area contributed by atoms with Crippen molar-refractivity contribution in [2.75, 3.05) is 51.6 Å². The maximum Gasteiger partial charge on any atom is 1.00 e. The van der Waals surface area contributed by atoms with Crippen LogP contribution in [-0.2, 0) is 20.5 Å². The molecule has 1 N–H and O–H groups in total. The molecule has 0 radical (unpaired) electrons. The minimum Gasteiger partial charge on any atom is -0.759 e. The van der Waals surface area contributed by atoms with Crippen molar-refractivity contribution < 1.29 is 103 Å². The molecule has 0 atom stereocenters. The quantitative estimate of drug-likeness (QED) is 0.279. The second-order valence-electron chi connectivity index (χ2n) is 4.08. The van der Waals surface area contributed by atoms with Crippen LogP contribution in [0.2, 0.25) is 0 Å². The number of hydrogen-bond acceptors (Lipinski definition) is 10. The van der Waals surface area contributed by atoms with Crippen molar-refractivity contribution in [3.05, 3.63) is 0 Å². The minimum atomic E-state index is -5.17. The molecule has 0 aromatic heterocycles. The van der Waals surface area contributed by atoms with Crippen LogP contribution in [0.1, 0.15) is 0 Å². The van der Waals surface area contributed by atoms with Gasteiger partial charge in [-0.1, -0.05) is 0 Å². The first-order chi connectivity index (χ1) is 9.01. The van der Waals surface area contributed by atoms with Crippen molar-refractivity contribution in [1.29, 1.82) is 0 Å². The average Bonchev–Trinajstić information content (AvgIpc) is 2.25. The van der Waals surface area contributed by atoms with Crippen LogP contribution in [0.25, 0.3) is 0 Å². The van der Waals surface area contributed by atoms with Gasteiger partial charge in [0.15, 0.2) is 0 Å². The Hall–Kier alpha value is 1.85. The van der Waals surface area contributed by atoms with Crippen molar-refractivity contribution in [2.45, 2.75) is 0 Å². The van der Waals surface area contributed by atoms with Gasteiger partial charge in [0, 0.05) is 49.7 Å². The zero-order valence-corrected chi connectivity index (χ0v) is 17.3. The average molecular weight is 370 g/mol. The summed E-state index contributed by atoms with van der Waals surface area (Å²) in [7, 11) is -9.26. The predicted octanol–water partition coefficient (Wildman–Crippen LogP) is -12.2. The zero-order valence-electron chi connectivity index (χ0n) is 13.7. The molecule has 0 aliphatic carbocycles. The monoisotopic (exact) mass is 370 g/mol. The maximum atomic E-state index is 10.4. The minimum absolute atomic E-state index is 0. The summed E-state index contributed by atoms with van der Waals surface area (Å²) in [5.74, 6) is -0.312. The van der Waals surface area contributed by atoms with E-state index in [1.165, 1.54) is 0 Å². The van der Waals surface area contributed by atoms with Gasteiger partial charge in [-0.05, 0) is 0 Å². The summed E-state index contributed by atoms with van der Waals surface area (Å²) < 4.78 is 65.3. The van der Waals surface area contributed by atoms with Crippen LogP contribution < -0.4 is 67.3 Å². The van der Waals surface area contributed by atoms with E-state index in [2.05, 4.69) is 4.90 Å². The Morgan fingerprint density at radius 2 is 1.13 bits per heavy atom. The molecule has 1 aliphatic heterocycles.